The molecule has 4 N–H and O–H groups in total. The van der Waals surface area contributed by atoms with Crippen molar-refractivity contribution in [1.82, 2.24) is 0 Å². The SMILES string of the molecule is COc1cc(O)c(N)cc1S(=O)(=O)CCO. The zero-order valence-electron chi connectivity index (χ0n) is 8.67. The summed E-state index contributed by atoms with van der Waals surface area (Å²) in [4.78, 5) is -0.139. The van der Waals surface area contributed by atoms with Crippen LogP contribution < -0.4 is 10.5 Å². The van der Waals surface area contributed by atoms with Gasteiger partial charge in [0.2, 0.25) is 0 Å². The average molecular weight is 247 g/mol. The van der Waals surface area contributed by atoms with Crippen molar-refractivity contribution in [2.75, 3.05) is 25.2 Å². The van der Waals surface area contributed by atoms with E-state index >= 15 is 0 Å². The average Bonchev–Trinajstić information content (AvgIpc) is 2.21. The molecule has 6 nitrogen and oxygen atoms in total. The van der Waals surface area contributed by atoms with Crippen molar-refractivity contribution in [2.24, 2.45) is 0 Å². The quantitative estimate of drug-likeness (QED) is 0.500. The van der Waals surface area contributed by atoms with E-state index in [1.807, 2.05) is 0 Å². The summed E-state index contributed by atoms with van der Waals surface area (Å²) in [6.07, 6.45) is 0. The molecule has 0 aliphatic rings. The van der Waals surface area contributed by atoms with Crippen LogP contribution in [0.2, 0.25) is 0 Å². The summed E-state index contributed by atoms with van der Waals surface area (Å²) in [5.41, 5.74) is 5.35. The van der Waals surface area contributed by atoms with Crippen LogP contribution in [0.4, 0.5) is 5.69 Å². The molecule has 0 radical (unpaired) electrons. The summed E-state index contributed by atoms with van der Waals surface area (Å²) in [7, 11) is -2.38. The van der Waals surface area contributed by atoms with Gasteiger partial charge in [0.05, 0.1) is 25.2 Å². The maximum absolute atomic E-state index is 11.7. The monoisotopic (exact) mass is 247 g/mol. The van der Waals surface area contributed by atoms with Gasteiger partial charge in [0.1, 0.15) is 16.4 Å². The van der Waals surface area contributed by atoms with Gasteiger partial charge in [-0.2, -0.15) is 0 Å². The second kappa shape index (κ2) is 4.58. The minimum atomic E-state index is -3.66. The van der Waals surface area contributed by atoms with Crippen molar-refractivity contribution in [3.63, 3.8) is 0 Å². The van der Waals surface area contributed by atoms with Crippen LogP contribution in [0, 0.1) is 0 Å². The van der Waals surface area contributed by atoms with Crippen LogP contribution in [-0.2, 0) is 9.84 Å². The van der Waals surface area contributed by atoms with Crippen molar-refractivity contribution < 1.29 is 23.4 Å². The molecule has 1 aromatic carbocycles. The largest absolute Gasteiger partial charge is 0.506 e. The highest BCUT2D eigenvalue weighted by molar-refractivity contribution is 7.91. The fourth-order valence-electron chi connectivity index (χ4n) is 1.20. The lowest BCUT2D eigenvalue weighted by Crippen LogP contribution is -2.11. The van der Waals surface area contributed by atoms with Crippen molar-refractivity contribution in [1.29, 1.82) is 0 Å². The highest BCUT2D eigenvalue weighted by Crippen LogP contribution is 2.33. The summed E-state index contributed by atoms with van der Waals surface area (Å²) in [6, 6.07) is 2.23. The van der Waals surface area contributed by atoms with Crippen molar-refractivity contribution >= 4 is 15.5 Å². The number of rotatable bonds is 4. The van der Waals surface area contributed by atoms with Crippen molar-refractivity contribution in [3.8, 4) is 11.5 Å². The van der Waals surface area contributed by atoms with Crippen LogP contribution in [0.5, 0.6) is 11.5 Å². The van der Waals surface area contributed by atoms with E-state index in [9.17, 15) is 13.5 Å². The Kier molecular flexibility index (Phi) is 3.61. The normalized spacial score (nSPS) is 11.4. The number of hydrogen-bond donors (Lipinski definition) is 3. The van der Waals surface area contributed by atoms with E-state index in [0.29, 0.717) is 0 Å². The number of phenolic OH excluding ortho intramolecular Hbond substituents is 1. The molecule has 90 valence electrons. The Morgan fingerprint density at radius 3 is 2.56 bits per heavy atom. The first-order valence-corrected chi connectivity index (χ1v) is 6.07. The lowest BCUT2D eigenvalue weighted by atomic mass is 10.3. The molecule has 0 saturated carbocycles. The third-order valence-corrected chi connectivity index (χ3v) is 3.72. The molecule has 0 atom stereocenters. The molecular formula is C9H13NO5S. The number of nitrogens with two attached hydrogens (primary N) is 1. The molecule has 0 aliphatic heterocycles. The molecule has 0 bridgehead atoms. The van der Waals surface area contributed by atoms with Gasteiger partial charge in [-0.1, -0.05) is 0 Å². The summed E-state index contributed by atoms with van der Waals surface area (Å²) in [6.45, 7) is -0.494. The molecule has 0 heterocycles. The molecule has 0 aromatic heterocycles. The fraction of sp³-hybridized carbons (Fsp3) is 0.333. The van der Waals surface area contributed by atoms with Crippen LogP contribution in [-0.4, -0.2) is 38.1 Å². The standard InChI is InChI=1S/C9H13NO5S/c1-15-8-5-7(12)6(10)4-9(8)16(13,14)3-2-11/h4-5,11-12H,2-3,10H2,1H3. The first kappa shape index (κ1) is 12.6. The van der Waals surface area contributed by atoms with Crippen molar-refractivity contribution in [2.45, 2.75) is 4.90 Å². The Hall–Kier alpha value is -1.47. The Labute approximate surface area is 93.2 Å². The van der Waals surface area contributed by atoms with Crippen LogP contribution in [0.3, 0.4) is 0 Å². The van der Waals surface area contributed by atoms with E-state index in [1.54, 1.807) is 0 Å². The Morgan fingerprint density at radius 2 is 2.06 bits per heavy atom. The van der Waals surface area contributed by atoms with Gasteiger partial charge in [-0.3, -0.25) is 0 Å². The highest BCUT2D eigenvalue weighted by Gasteiger charge is 2.21. The predicted molar refractivity (Wildman–Crippen MR) is 58.2 cm³/mol. The number of nitrogen functional groups attached to an aromatic ring is 1. The lowest BCUT2D eigenvalue weighted by Gasteiger charge is -2.10. The van der Waals surface area contributed by atoms with E-state index in [-0.39, 0.29) is 22.1 Å². The second-order valence-electron chi connectivity index (χ2n) is 3.10. The number of benzene rings is 1. The molecule has 16 heavy (non-hydrogen) atoms. The van der Waals surface area contributed by atoms with Gasteiger partial charge in [0, 0.05) is 6.07 Å². The molecule has 0 amide bonds. The van der Waals surface area contributed by atoms with Gasteiger partial charge in [-0.05, 0) is 6.07 Å². The van der Waals surface area contributed by atoms with Gasteiger partial charge < -0.3 is 20.7 Å². The van der Waals surface area contributed by atoms with Crippen molar-refractivity contribution in [3.05, 3.63) is 12.1 Å². The van der Waals surface area contributed by atoms with E-state index in [4.69, 9.17) is 15.6 Å². The number of aromatic hydroxyl groups is 1. The molecule has 1 rings (SSSR count). The first-order chi connectivity index (χ1) is 7.42. The third-order valence-electron chi connectivity index (χ3n) is 2.01. The molecule has 0 saturated heterocycles. The van der Waals surface area contributed by atoms with Crippen LogP contribution in [0.1, 0.15) is 0 Å². The molecule has 0 aliphatic carbocycles. The van der Waals surface area contributed by atoms with Gasteiger partial charge in [-0.15, -0.1) is 0 Å². The minimum Gasteiger partial charge on any atom is -0.506 e. The van der Waals surface area contributed by atoms with Gasteiger partial charge in [0.25, 0.3) is 0 Å². The zero-order chi connectivity index (χ0) is 12.3. The number of hydrogen-bond acceptors (Lipinski definition) is 6. The summed E-state index contributed by atoms with van der Waals surface area (Å²) in [5.74, 6) is -0.673. The third kappa shape index (κ3) is 2.37. The predicted octanol–water partition coefficient (Wildman–Crippen LogP) is -0.251. The smallest absolute Gasteiger partial charge is 0.184 e. The van der Waals surface area contributed by atoms with Crippen LogP contribution in [0.25, 0.3) is 0 Å². The number of anilines is 1. The number of aliphatic hydroxyl groups excluding tert-OH is 1. The number of methoxy groups -OCH3 is 1. The highest BCUT2D eigenvalue weighted by atomic mass is 32.2. The summed E-state index contributed by atoms with van der Waals surface area (Å²) in [5, 5.41) is 18.0. The van der Waals surface area contributed by atoms with Gasteiger partial charge in [0.15, 0.2) is 9.84 Å². The molecular weight excluding hydrogens is 234 g/mol. The molecule has 0 fully saturated rings. The maximum atomic E-state index is 11.7. The Morgan fingerprint density at radius 1 is 1.44 bits per heavy atom. The molecule has 1 aromatic rings. The van der Waals surface area contributed by atoms with E-state index in [0.717, 1.165) is 12.1 Å². The van der Waals surface area contributed by atoms with Crippen LogP contribution in [0.15, 0.2) is 17.0 Å². The number of ether oxygens (including phenoxy) is 1. The maximum Gasteiger partial charge on any atom is 0.184 e. The number of phenols is 1. The van der Waals surface area contributed by atoms with E-state index in [2.05, 4.69) is 0 Å². The number of sulfone groups is 1. The second-order valence-corrected chi connectivity index (χ2v) is 5.18. The van der Waals surface area contributed by atoms with E-state index in [1.165, 1.54) is 7.11 Å². The van der Waals surface area contributed by atoms with E-state index < -0.39 is 22.2 Å². The summed E-state index contributed by atoms with van der Waals surface area (Å²) < 4.78 is 28.2. The lowest BCUT2D eigenvalue weighted by molar-refractivity contribution is 0.319. The number of aliphatic hydroxyl groups is 1. The first-order valence-electron chi connectivity index (χ1n) is 4.42. The zero-order valence-corrected chi connectivity index (χ0v) is 9.49. The topological polar surface area (TPSA) is 110 Å². The van der Waals surface area contributed by atoms with Gasteiger partial charge in [-0.25, -0.2) is 8.42 Å². The molecule has 0 unspecified atom stereocenters. The van der Waals surface area contributed by atoms with Crippen LogP contribution >= 0.6 is 0 Å². The molecule has 0 spiro atoms. The Balaban J connectivity index is 3.38. The van der Waals surface area contributed by atoms with Gasteiger partial charge >= 0.3 is 0 Å². The Bertz CT molecular complexity index is 483. The molecule has 7 heteroatoms. The fourth-order valence-corrected chi connectivity index (χ4v) is 2.41. The minimum absolute atomic E-state index is 0.000139. The summed E-state index contributed by atoms with van der Waals surface area (Å²) >= 11 is 0.